The van der Waals surface area contributed by atoms with E-state index in [1.54, 1.807) is 0 Å². The van der Waals surface area contributed by atoms with Gasteiger partial charge in [0, 0.05) is 31.8 Å². The molecule has 1 aromatic rings. The summed E-state index contributed by atoms with van der Waals surface area (Å²) in [5.74, 6) is 0.348. The topological polar surface area (TPSA) is 22.0 Å². The molecule has 1 aromatic heterocycles. The van der Waals surface area contributed by atoms with Crippen molar-refractivity contribution in [2.24, 2.45) is 7.05 Å². The number of Topliss-reactive ketones (excluding diaryl/α,β-unsaturated/α-hetero) is 1. The van der Waals surface area contributed by atoms with E-state index < -0.39 is 0 Å². The predicted molar refractivity (Wildman–Crippen MR) is 37.8 cm³/mol. The molecular weight excluding hydrogens is 126 g/mol. The van der Waals surface area contributed by atoms with E-state index in [1.165, 1.54) is 11.3 Å². The highest BCUT2D eigenvalue weighted by molar-refractivity contribution is 5.87. The van der Waals surface area contributed by atoms with Crippen LogP contribution in [0.1, 0.15) is 11.3 Å². The zero-order valence-corrected chi connectivity index (χ0v) is 5.92. The third kappa shape index (κ3) is 0.618. The SMILES string of the molecule is Cn1ccc2c1CC(=O)C2. The molecule has 2 heteroatoms. The van der Waals surface area contributed by atoms with Crippen LogP contribution in [-0.2, 0) is 24.7 Å². The first kappa shape index (κ1) is 5.71. The van der Waals surface area contributed by atoms with Crippen LogP contribution in [0.5, 0.6) is 0 Å². The molecule has 1 heterocycles. The molecule has 2 rings (SSSR count). The number of aryl methyl sites for hydroxylation is 1. The summed E-state index contributed by atoms with van der Waals surface area (Å²) in [4.78, 5) is 10.9. The number of fused-ring (bicyclic) bond motifs is 1. The van der Waals surface area contributed by atoms with Crippen molar-refractivity contribution in [2.45, 2.75) is 12.8 Å². The maximum absolute atomic E-state index is 10.9. The minimum Gasteiger partial charge on any atom is -0.354 e. The Kier molecular flexibility index (Phi) is 0.982. The number of hydrogen-bond donors (Lipinski definition) is 0. The van der Waals surface area contributed by atoms with E-state index >= 15 is 0 Å². The van der Waals surface area contributed by atoms with E-state index in [0.29, 0.717) is 18.6 Å². The van der Waals surface area contributed by atoms with Crippen LogP contribution in [0.15, 0.2) is 12.3 Å². The average Bonchev–Trinajstić information content (AvgIpc) is 2.35. The Morgan fingerprint density at radius 3 is 3.00 bits per heavy atom. The molecule has 0 N–H and O–H groups in total. The fourth-order valence-corrected chi connectivity index (χ4v) is 1.48. The van der Waals surface area contributed by atoms with Crippen LogP contribution >= 0.6 is 0 Å². The van der Waals surface area contributed by atoms with E-state index in [0.717, 1.165) is 0 Å². The minimum atomic E-state index is 0.348. The number of carbonyl (C=O) groups excluding carboxylic acids is 1. The van der Waals surface area contributed by atoms with Crippen LogP contribution in [0, 0.1) is 0 Å². The molecule has 10 heavy (non-hydrogen) atoms. The van der Waals surface area contributed by atoms with E-state index in [4.69, 9.17) is 0 Å². The lowest BCUT2D eigenvalue weighted by Crippen LogP contribution is -1.98. The lowest BCUT2D eigenvalue weighted by atomic mass is 10.3. The molecule has 0 saturated carbocycles. The molecule has 0 fully saturated rings. The largest absolute Gasteiger partial charge is 0.354 e. The van der Waals surface area contributed by atoms with E-state index in [9.17, 15) is 4.79 Å². The zero-order chi connectivity index (χ0) is 7.14. The number of carbonyl (C=O) groups is 1. The molecule has 0 aliphatic heterocycles. The van der Waals surface area contributed by atoms with Crippen molar-refractivity contribution in [1.82, 2.24) is 4.57 Å². The lowest BCUT2D eigenvalue weighted by Gasteiger charge is -1.94. The van der Waals surface area contributed by atoms with Crippen LogP contribution in [0.25, 0.3) is 0 Å². The Bertz CT molecular complexity index is 285. The Morgan fingerprint density at radius 1 is 1.50 bits per heavy atom. The van der Waals surface area contributed by atoms with Crippen molar-refractivity contribution in [2.75, 3.05) is 0 Å². The molecule has 0 bridgehead atoms. The van der Waals surface area contributed by atoms with Crippen LogP contribution in [0.2, 0.25) is 0 Å². The van der Waals surface area contributed by atoms with Crippen molar-refractivity contribution in [3.8, 4) is 0 Å². The molecule has 0 saturated heterocycles. The number of rotatable bonds is 0. The number of ketones is 1. The van der Waals surface area contributed by atoms with Crippen molar-refractivity contribution in [3.63, 3.8) is 0 Å². The first-order valence-electron chi connectivity index (χ1n) is 3.42. The molecule has 52 valence electrons. The molecule has 0 amide bonds. The minimum absolute atomic E-state index is 0.348. The highest BCUT2D eigenvalue weighted by atomic mass is 16.1. The van der Waals surface area contributed by atoms with Gasteiger partial charge in [0.2, 0.25) is 0 Å². The second kappa shape index (κ2) is 1.72. The van der Waals surface area contributed by atoms with Gasteiger partial charge in [-0.2, -0.15) is 0 Å². The molecule has 0 radical (unpaired) electrons. The fourth-order valence-electron chi connectivity index (χ4n) is 1.48. The van der Waals surface area contributed by atoms with Crippen molar-refractivity contribution in [1.29, 1.82) is 0 Å². The average molecular weight is 135 g/mol. The molecule has 0 atom stereocenters. The van der Waals surface area contributed by atoms with E-state index in [-0.39, 0.29) is 0 Å². The van der Waals surface area contributed by atoms with E-state index in [1.807, 2.05) is 23.9 Å². The highest BCUT2D eigenvalue weighted by Gasteiger charge is 2.20. The van der Waals surface area contributed by atoms with Crippen LogP contribution in [-0.4, -0.2) is 10.4 Å². The van der Waals surface area contributed by atoms with Gasteiger partial charge in [-0.15, -0.1) is 0 Å². The Labute approximate surface area is 59.5 Å². The summed E-state index contributed by atoms with van der Waals surface area (Å²) in [7, 11) is 1.98. The monoisotopic (exact) mass is 135 g/mol. The van der Waals surface area contributed by atoms with Gasteiger partial charge in [-0.25, -0.2) is 0 Å². The number of nitrogens with zero attached hydrogens (tertiary/aromatic N) is 1. The highest BCUT2D eigenvalue weighted by Crippen LogP contribution is 2.18. The lowest BCUT2D eigenvalue weighted by molar-refractivity contribution is -0.117. The summed E-state index contributed by atoms with van der Waals surface area (Å²) < 4.78 is 2.03. The van der Waals surface area contributed by atoms with Gasteiger partial charge < -0.3 is 4.57 Å². The molecule has 0 aromatic carbocycles. The normalized spacial score (nSPS) is 15.9. The summed E-state index contributed by atoms with van der Waals surface area (Å²) >= 11 is 0. The van der Waals surface area contributed by atoms with Gasteiger partial charge in [-0.3, -0.25) is 4.79 Å². The van der Waals surface area contributed by atoms with Gasteiger partial charge in [0.15, 0.2) is 0 Å². The van der Waals surface area contributed by atoms with Gasteiger partial charge in [0.25, 0.3) is 0 Å². The second-order valence-corrected chi connectivity index (χ2v) is 2.79. The smallest absolute Gasteiger partial charge is 0.143 e. The number of hydrogen-bond acceptors (Lipinski definition) is 1. The van der Waals surface area contributed by atoms with Gasteiger partial charge in [0.05, 0.1) is 0 Å². The van der Waals surface area contributed by atoms with Crippen molar-refractivity contribution < 1.29 is 4.79 Å². The molecule has 1 aliphatic rings. The molecule has 0 unspecified atom stereocenters. The van der Waals surface area contributed by atoms with Gasteiger partial charge >= 0.3 is 0 Å². The Morgan fingerprint density at radius 2 is 2.30 bits per heavy atom. The zero-order valence-electron chi connectivity index (χ0n) is 5.92. The fraction of sp³-hybridized carbons (Fsp3) is 0.375. The second-order valence-electron chi connectivity index (χ2n) is 2.79. The number of aromatic nitrogens is 1. The van der Waals surface area contributed by atoms with E-state index in [2.05, 4.69) is 0 Å². The maximum Gasteiger partial charge on any atom is 0.143 e. The summed E-state index contributed by atoms with van der Waals surface area (Å²) in [6, 6.07) is 2.03. The molecule has 0 spiro atoms. The van der Waals surface area contributed by atoms with Crippen LogP contribution in [0.4, 0.5) is 0 Å². The molecule has 2 nitrogen and oxygen atoms in total. The predicted octanol–water partition coefficient (Wildman–Crippen LogP) is 0.693. The van der Waals surface area contributed by atoms with Gasteiger partial charge in [-0.05, 0) is 11.6 Å². The van der Waals surface area contributed by atoms with Crippen molar-refractivity contribution in [3.05, 3.63) is 23.5 Å². The van der Waals surface area contributed by atoms with Crippen molar-refractivity contribution >= 4 is 5.78 Å². The first-order valence-corrected chi connectivity index (χ1v) is 3.42. The Balaban J connectivity index is 2.53. The summed E-state index contributed by atoms with van der Waals surface area (Å²) in [5.41, 5.74) is 2.41. The standard InChI is InChI=1S/C8H9NO/c1-9-3-2-6-4-7(10)5-8(6)9/h2-3H,4-5H2,1H3. The first-order chi connectivity index (χ1) is 4.77. The third-order valence-corrected chi connectivity index (χ3v) is 2.05. The summed E-state index contributed by atoms with van der Waals surface area (Å²) in [6.45, 7) is 0. The van der Waals surface area contributed by atoms with Gasteiger partial charge in [-0.1, -0.05) is 0 Å². The molecular formula is C8H9NO. The van der Waals surface area contributed by atoms with Crippen LogP contribution in [0.3, 0.4) is 0 Å². The van der Waals surface area contributed by atoms with Crippen LogP contribution < -0.4 is 0 Å². The third-order valence-electron chi connectivity index (χ3n) is 2.05. The maximum atomic E-state index is 10.9. The quantitative estimate of drug-likeness (QED) is 0.513. The summed E-state index contributed by atoms with van der Waals surface area (Å²) in [5, 5.41) is 0. The summed E-state index contributed by atoms with van der Waals surface area (Å²) in [6.07, 6.45) is 3.30. The molecule has 1 aliphatic carbocycles. The van der Waals surface area contributed by atoms with Gasteiger partial charge in [0.1, 0.15) is 5.78 Å². The Hall–Kier alpha value is -1.05.